The number of aromatic nitrogens is 3. The van der Waals surface area contributed by atoms with E-state index in [1.807, 2.05) is 43.0 Å². The Kier molecular flexibility index (Phi) is 5.94. The van der Waals surface area contributed by atoms with Gasteiger partial charge in [0.15, 0.2) is 0 Å². The van der Waals surface area contributed by atoms with Crippen molar-refractivity contribution in [1.29, 1.82) is 0 Å². The van der Waals surface area contributed by atoms with Gasteiger partial charge in [-0.1, -0.05) is 6.07 Å². The number of aryl methyl sites for hydroxylation is 2. The van der Waals surface area contributed by atoms with Crippen molar-refractivity contribution < 1.29 is 18.0 Å². The zero-order chi connectivity index (χ0) is 24.7. The molecule has 2 saturated heterocycles. The molecule has 9 heteroatoms. The number of fused-ring (bicyclic) bond motifs is 3. The largest absolute Gasteiger partial charge is 0.417 e. The standard InChI is InChI=1S/C26H26F3N5O/c1-15-4-3-11-30-23(15)19-8-5-16(2)32-24(19)25(35)34-14-17-6-9-21(34)20(12-17)33-22-10-7-18(13-31-22)26(27,28)29/h3-5,7-8,10-11,13,17,20-21H,6,9,12,14H2,1-2H3,(H,31,33). The van der Waals surface area contributed by atoms with E-state index in [4.69, 9.17) is 0 Å². The van der Waals surface area contributed by atoms with Gasteiger partial charge in [0.25, 0.3) is 5.91 Å². The van der Waals surface area contributed by atoms with E-state index in [0.717, 1.165) is 48.5 Å². The summed E-state index contributed by atoms with van der Waals surface area (Å²) in [4.78, 5) is 28.8. The SMILES string of the molecule is Cc1ccc(-c2ncccc2C)c(C(=O)N2CC3CCC2C(Nc2ccc(C(F)(F)F)cn2)C3)n1. The maximum atomic E-state index is 13.9. The molecule has 5 heterocycles. The van der Waals surface area contributed by atoms with E-state index in [1.54, 1.807) is 6.20 Å². The fraction of sp³-hybridized carbons (Fsp3) is 0.385. The van der Waals surface area contributed by atoms with E-state index >= 15 is 0 Å². The van der Waals surface area contributed by atoms with Crippen LogP contribution in [0.25, 0.3) is 11.3 Å². The van der Waals surface area contributed by atoms with Crippen LogP contribution in [-0.2, 0) is 6.18 Å². The van der Waals surface area contributed by atoms with Gasteiger partial charge in [-0.3, -0.25) is 9.78 Å². The van der Waals surface area contributed by atoms with Crippen LogP contribution in [0.3, 0.4) is 0 Å². The third-order valence-electron chi connectivity index (χ3n) is 6.96. The number of alkyl halides is 3. The molecule has 6 nitrogen and oxygen atoms in total. The van der Waals surface area contributed by atoms with Crippen molar-refractivity contribution in [2.75, 3.05) is 11.9 Å². The van der Waals surface area contributed by atoms with Gasteiger partial charge >= 0.3 is 6.18 Å². The fourth-order valence-electron chi connectivity index (χ4n) is 5.23. The maximum absolute atomic E-state index is 13.9. The number of piperidine rings is 2. The molecule has 3 unspecified atom stereocenters. The molecule has 2 bridgehead atoms. The summed E-state index contributed by atoms with van der Waals surface area (Å²) in [5.41, 5.74) is 2.73. The minimum Gasteiger partial charge on any atom is -0.365 e. The molecule has 3 aliphatic rings. The molecule has 0 spiro atoms. The van der Waals surface area contributed by atoms with E-state index in [9.17, 15) is 18.0 Å². The Hall–Kier alpha value is -3.49. The van der Waals surface area contributed by atoms with Crippen molar-refractivity contribution in [3.8, 4) is 11.3 Å². The van der Waals surface area contributed by atoms with Crippen molar-refractivity contribution in [1.82, 2.24) is 19.9 Å². The molecule has 6 rings (SSSR count). The van der Waals surface area contributed by atoms with E-state index in [-0.39, 0.29) is 18.0 Å². The van der Waals surface area contributed by atoms with Crippen molar-refractivity contribution in [3.63, 3.8) is 0 Å². The van der Waals surface area contributed by atoms with Gasteiger partial charge in [0, 0.05) is 36.2 Å². The number of nitrogens with one attached hydrogen (secondary N) is 1. The third-order valence-corrected chi connectivity index (χ3v) is 6.96. The first-order valence-corrected chi connectivity index (χ1v) is 11.7. The molecule has 1 saturated carbocycles. The van der Waals surface area contributed by atoms with Crippen molar-refractivity contribution in [2.45, 2.75) is 51.4 Å². The molecule has 2 aliphatic heterocycles. The van der Waals surface area contributed by atoms with E-state index < -0.39 is 11.7 Å². The van der Waals surface area contributed by atoms with Gasteiger partial charge in [0.2, 0.25) is 0 Å². The Bertz CT molecular complexity index is 1240. The maximum Gasteiger partial charge on any atom is 0.417 e. The minimum absolute atomic E-state index is 0.0967. The van der Waals surface area contributed by atoms with Crippen LogP contribution in [0.15, 0.2) is 48.8 Å². The van der Waals surface area contributed by atoms with Crippen molar-refractivity contribution >= 4 is 11.7 Å². The first-order chi connectivity index (χ1) is 16.7. The first-order valence-electron chi connectivity index (χ1n) is 11.7. The topological polar surface area (TPSA) is 71.0 Å². The third kappa shape index (κ3) is 4.59. The zero-order valence-electron chi connectivity index (χ0n) is 19.5. The smallest absolute Gasteiger partial charge is 0.365 e. The molecule has 35 heavy (non-hydrogen) atoms. The highest BCUT2D eigenvalue weighted by molar-refractivity contribution is 5.99. The highest BCUT2D eigenvalue weighted by Gasteiger charge is 2.44. The number of carbonyl (C=O) groups excluding carboxylic acids is 1. The van der Waals surface area contributed by atoms with Crippen LogP contribution >= 0.6 is 0 Å². The van der Waals surface area contributed by atoms with Gasteiger partial charge in [-0.2, -0.15) is 13.2 Å². The zero-order valence-corrected chi connectivity index (χ0v) is 19.5. The van der Waals surface area contributed by atoms with Crippen LogP contribution in [0, 0.1) is 19.8 Å². The molecule has 1 N–H and O–H groups in total. The molecule has 1 amide bonds. The molecule has 3 fully saturated rings. The summed E-state index contributed by atoms with van der Waals surface area (Å²) in [6.07, 6.45) is 0.785. The van der Waals surface area contributed by atoms with E-state index in [1.165, 1.54) is 6.07 Å². The quantitative estimate of drug-likeness (QED) is 0.549. The molecule has 0 aromatic carbocycles. The Labute approximate surface area is 201 Å². The number of halogens is 3. The number of carbonyl (C=O) groups is 1. The number of hydrogen-bond donors (Lipinski definition) is 1. The molecule has 0 radical (unpaired) electrons. The van der Waals surface area contributed by atoms with Crippen LogP contribution in [0.1, 0.15) is 46.6 Å². The summed E-state index contributed by atoms with van der Waals surface area (Å²) in [5, 5.41) is 3.29. The average Bonchev–Trinajstić information content (AvgIpc) is 2.84. The number of pyridine rings is 3. The van der Waals surface area contributed by atoms with Crippen molar-refractivity contribution in [3.05, 3.63) is 71.3 Å². The second-order valence-corrected chi connectivity index (χ2v) is 9.40. The molecule has 3 aromatic rings. The highest BCUT2D eigenvalue weighted by Crippen LogP contribution is 2.38. The number of rotatable bonds is 4. The minimum atomic E-state index is -4.43. The Morgan fingerprint density at radius 1 is 1.09 bits per heavy atom. The summed E-state index contributed by atoms with van der Waals surface area (Å²) in [6, 6.07) is 9.77. The number of anilines is 1. The summed E-state index contributed by atoms with van der Waals surface area (Å²) in [5.74, 6) is 0.539. The lowest BCUT2D eigenvalue weighted by atomic mass is 9.76. The predicted octanol–water partition coefficient (Wildman–Crippen LogP) is 5.28. The van der Waals surface area contributed by atoms with Crippen LogP contribution < -0.4 is 5.32 Å². The monoisotopic (exact) mass is 481 g/mol. The lowest BCUT2D eigenvalue weighted by molar-refractivity contribution is -0.137. The summed E-state index contributed by atoms with van der Waals surface area (Å²) in [7, 11) is 0. The first kappa shape index (κ1) is 23.3. The van der Waals surface area contributed by atoms with Crippen molar-refractivity contribution in [2.24, 2.45) is 5.92 Å². The summed E-state index contributed by atoms with van der Waals surface area (Å²) in [6.45, 7) is 4.45. The second-order valence-electron chi connectivity index (χ2n) is 9.40. The molecule has 182 valence electrons. The van der Waals surface area contributed by atoms with Gasteiger partial charge < -0.3 is 10.2 Å². The van der Waals surface area contributed by atoms with E-state index in [0.29, 0.717) is 29.5 Å². The molecule has 3 atom stereocenters. The van der Waals surface area contributed by atoms with E-state index in [2.05, 4.69) is 20.3 Å². The summed E-state index contributed by atoms with van der Waals surface area (Å²) >= 11 is 0. The van der Waals surface area contributed by atoms with Gasteiger partial charge in [0.05, 0.1) is 17.3 Å². The molecule has 1 aliphatic carbocycles. The average molecular weight is 482 g/mol. The lowest BCUT2D eigenvalue weighted by Crippen LogP contribution is -2.60. The normalized spacial score (nSPS) is 21.7. The Morgan fingerprint density at radius 2 is 1.91 bits per heavy atom. The van der Waals surface area contributed by atoms with Crippen LogP contribution in [0.4, 0.5) is 19.0 Å². The summed E-state index contributed by atoms with van der Waals surface area (Å²) < 4.78 is 38.7. The highest BCUT2D eigenvalue weighted by atomic mass is 19.4. The number of hydrogen-bond acceptors (Lipinski definition) is 5. The fourth-order valence-corrected chi connectivity index (χ4v) is 5.23. The number of nitrogens with zero attached hydrogens (tertiary/aromatic N) is 4. The van der Waals surface area contributed by atoms with Gasteiger partial charge in [0.1, 0.15) is 11.5 Å². The lowest BCUT2D eigenvalue weighted by Gasteiger charge is -2.50. The van der Waals surface area contributed by atoms with Gasteiger partial charge in [-0.25, -0.2) is 9.97 Å². The van der Waals surface area contributed by atoms with Gasteiger partial charge in [-0.15, -0.1) is 0 Å². The Balaban J connectivity index is 1.42. The Morgan fingerprint density at radius 3 is 2.60 bits per heavy atom. The molecular weight excluding hydrogens is 455 g/mol. The van der Waals surface area contributed by atoms with Gasteiger partial charge in [-0.05, 0) is 74.9 Å². The predicted molar refractivity (Wildman–Crippen MR) is 126 cm³/mol. The van der Waals surface area contributed by atoms with Crippen LogP contribution in [-0.4, -0.2) is 44.4 Å². The van der Waals surface area contributed by atoms with Crippen LogP contribution in [0.2, 0.25) is 0 Å². The van der Waals surface area contributed by atoms with Crippen LogP contribution in [0.5, 0.6) is 0 Å². The number of amides is 1. The second kappa shape index (κ2) is 8.94. The molecule has 3 aromatic heterocycles. The molecular formula is C26H26F3N5O.